The van der Waals surface area contributed by atoms with E-state index in [2.05, 4.69) is 40.2 Å². The summed E-state index contributed by atoms with van der Waals surface area (Å²) in [7, 11) is 0. The molecule has 0 radical (unpaired) electrons. The predicted octanol–water partition coefficient (Wildman–Crippen LogP) is 4.55. The second-order valence-electron chi connectivity index (χ2n) is 5.28. The summed E-state index contributed by atoms with van der Waals surface area (Å²) in [5.74, 6) is 0.571. The lowest BCUT2D eigenvalue weighted by Gasteiger charge is -2.27. The van der Waals surface area contributed by atoms with E-state index in [0.29, 0.717) is 5.92 Å². The molecule has 3 heteroatoms. The molecule has 1 heterocycles. The number of benzene rings is 1. The maximum atomic E-state index is 6.34. The molecule has 0 fully saturated rings. The first kappa shape index (κ1) is 12.9. The third-order valence-electron chi connectivity index (χ3n) is 4.08. The summed E-state index contributed by atoms with van der Waals surface area (Å²) in [5.41, 5.74) is 10.4. The topological polar surface area (TPSA) is 39.2 Å². The van der Waals surface area contributed by atoms with Gasteiger partial charge in [-0.3, -0.25) is 0 Å². The van der Waals surface area contributed by atoms with Crippen molar-refractivity contribution >= 4 is 15.9 Å². The van der Waals surface area contributed by atoms with E-state index in [1.54, 1.807) is 6.26 Å². The van der Waals surface area contributed by atoms with Crippen molar-refractivity contribution in [3.8, 4) is 0 Å². The summed E-state index contributed by atoms with van der Waals surface area (Å²) in [6, 6.07) is 10.8. The van der Waals surface area contributed by atoms with Gasteiger partial charge < -0.3 is 10.2 Å². The van der Waals surface area contributed by atoms with E-state index >= 15 is 0 Å². The van der Waals surface area contributed by atoms with E-state index in [9.17, 15) is 0 Å². The highest BCUT2D eigenvalue weighted by Crippen LogP contribution is 2.38. The molecule has 3 rings (SSSR count). The molecule has 0 spiro atoms. The monoisotopic (exact) mass is 319 g/mol. The summed E-state index contributed by atoms with van der Waals surface area (Å²) >= 11 is 3.42. The van der Waals surface area contributed by atoms with Crippen LogP contribution in [-0.2, 0) is 6.42 Å². The Labute approximate surface area is 122 Å². The molecule has 2 atom stereocenters. The molecule has 2 aromatic rings. The Balaban J connectivity index is 1.80. The summed E-state index contributed by atoms with van der Waals surface area (Å²) in [4.78, 5) is 0. The Bertz CT molecular complexity index is 563. The van der Waals surface area contributed by atoms with Gasteiger partial charge in [-0.2, -0.15) is 0 Å². The van der Waals surface area contributed by atoms with Gasteiger partial charge >= 0.3 is 0 Å². The lowest BCUT2D eigenvalue weighted by Crippen LogP contribution is -2.17. The van der Waals surface area contributed by atoms with Crippen molar-refractivity contribution in [1.29, 1.82) is 0 Å². The third-order valence-corrected chi connectivity index (χ3v) is 4.72. The van der Waals surface area contributed by atoms with Crippen LogP contribution in [0.25, 0.3) is 0 Å². The number of nitrogens with two attached hydrogens (primary N) is 1. The first-order valence-corrected chi connectivity index (χ1v) is 7.61. The number of halogens is 1. The van der Waals surface area contributed by atoms with Crippen molar-refractivity contribution in [2.75, 3.05) is 0 Å². The number of rotatable bonds is 3. The van der Waals surface area contributed by atoms with Crippen LogP contribution in [0.2, 0.25) is 0 Å². The van der Waals surface area contributed by atoms with Gasteiger partial charge in [-0.05, 0) is 64.7 Å². The molecule has 0 amide bonds. The smallest absolute Gasteiger partial charge is 0.173 e. The normalized spacial score (nSPS) is 20.0. The van der Waals surface area contributed by atoms with Crippen molar-refractivity contribution in [1.82, 2.24) is 0 Å². The number of furan rings is 1. The van der Waals surface area contributed by atoms with Crippen molar-refractivity contribution in [3.63, 3.8) is 0 Å². The van der Waals surface area contributed by atoms with Crippen LogP contribution in [0, 0.1) is 0 Å². The molecule has 100 valence electrons. The van der Waals surface area contributed by atoms with E-state index in [-0.39, 0.29) is 6.04 Å². The molecule has 2 N–H and O–H groups in total. The van der Waals surface area contributed by atoms with Gasteiger partial charge in [-0.1, -0.05) is 24.3 Å². The quantitative estimate of drug-likeness (QED) is 0.901. The van der Waals surface area contributed by atoms with Gasteiger partial charge in [0.1, 0.15) is 0 Å². The molecule has 0 saturated carbocycles. The molecule has 1 aromatic heterocycles. The number of hydrogen-bond acceptors (Lipinski definition) is 2. The van der Waals surface area contributed by atoms with Crippen molar-refractivity contribution in [2.45, 2.75) is 37.6 Å². The van der Waals surface area contributed by atoms with Crippen LogP contribution < -0.4 is 5.73 Å². The van der Waals surface area contributed by atoms with E-state index in [0.717, 1.165) is 16.7 Å². The Hall–Kier alpha value is -1.06. The van der Waals surface area contributed by atoms with Crippen LogP contribution in [0.5, 0.6) is 0 Å². The Morgan fingerprint density at radius 2 is 2.16 bits per heavy atom. The number of aryl methyl sites for hydroxylation is 1. The summed E-state index contributed by atoms with van der Waals surface area (Å²) < 4.78 is 6.05. The average Bonchev–Trinajstić information content (AvgIpc) is 2.85. The molecule has 1 aromatic carbocycles. The minimum absolute atomic E-state index is 0.0317. The molecule has 2 nitrogen and oxygen atoms in total. The summed E-state index contributed by atoms with van der Waals surface area (Å²) in [6.45, 7) is 0. The average molecular weight is 320 g/mol. The molecule has 19 heavy (non-hydrogen) atoms. The fraction of sp³-hybridized carbons (Fsp3) is 0.375. The van der Waals surface area contributed by atoms with Gasteiger partial charge in [0.15, 0.2) is 4.67 Å². The minimum Gasteiger partial charge on any atom is -0.457 e. The highest BCUT2D eigenvalue weighted by molar-refractivity contribution is 9.10. The molecule has 1 aliphatic carbocycles. The first-order valence-electron chi connectivity index (χ1n) is 6.82. The zero-order valence-electron chi connectivity index (χ0n) is 10.8. The zero-order valence-corrected chi connectivity index (χ0v) is 12.4. The summed E-state index contributed by atoms with van der Waals surface area (Å²) in [5, 5.41) is 0. The molecule has 2 unspecified atom stereocenters. The van der Waals surface area contributed by atoms with Crippen LogP contribution in [0.15, 0.2) is 45.7 Å². The van der Waals surface area contributed by atoms with Crippen LogP contribution in [0.3, 0.4) is 0 Å². The van der Waals surface area contributed by atoms with Gasteiger partial charge in [0, 0.05) is 11.6 Å². The Kier molecular flexibility index (Phi) is 3.76. The van der Waals surface area contributed by atoms with E-state index in [1.807, 2.05) is 6.07 Å². The highest BCUT2D eigenvalue weighted by Gasteiger charge is 2.23. The van der Waals surface area contributed by atoms with Crippen LogP contribution in [0.1, 0.15) is 47.9 Å². The Morgan fingerprint density at radius 3 is 2.95 bits per heavy atom. The fourth-order valence-corrected chi connectivity index (χ4v) is 3.64. The lowest BCUT2D eigenvalue weighted by molar-refractivity contribution is 0.468. The van der Waals surface area contributed by atoms with E-state index < -0.39 is 0 Å². The molecular weight excluding hydrogens is 302 g/mol. The van der Waals surface area contributed by atoms with Crippen LogP contribution in [0.4, 0.5) is 0 Å². The van der Waals surface area contributed by atoms with Gasteiger partial charge in [0.2, 0.25) is 0 Å². The molecular formula is C16H18BrNO. The van der Waals surface area contributed by atoms with Gasteiger partial charge in [-0.15, -0.1) is 0 Å². The van der Waals surface area contributed by atoms with Crippen LogP contribution in [-0.4, -0.2) is 0 Å². The van der Waals surface area contributed by atoms with Crippen LogP contribution >= 0.6 is 15.9 Å². The maximum Gasteiger partial charge on any atom is 0.173 e. The van der Waals surface area contributed by atoms with Gasteiger partial charge in [0.05, 0.1) is 6.26 Å². The maximum absolute atomic E-state index is 6.34. The SMILES string of the molecule is NC(CC1CCCc2ccccc21)c1ccoc1Br. The molecule has 0 bridgehead atoms. The summed E-state index contributed by atoms with van der Waals surface area (Å²) in [6.07, 6.45) is 6.38. The second kappa shape index (κ2) is 5.51. The molecule has 1 aliphatic rings. The predicted molar refractivity (Wildman–Crippen MR) is 80.1 cm³/mol. The van der Waals surface area contributed by atoms with Crippen molar-refractivity contribution in [3.05, 3.63) is 58.0 Å². The fourth-order valence-electron chi connectivity index (χ4n) is 3.10. The highest BCUT2D eigenvalue weighted by atomic mass is 79.9. The van der Waals surface area contributed by atoms with Crippen molar-refractivity contribution in [2.24, 2.45) is 5.73 Å². The molecule has 0 saturated heterocycles. The molecule has 0 aliphatic heterocycles. The lowest BCUT2D eigenvalue weighted by atomic mass is 9.79. The number of hydrogen-bond donors (Lipinski definition) is 1. The Morgan fingerprint density at radius 1 is 1.32 bits per heavy atom. The number of fused-ring (bicyclic) bond motifs is 1. The van der Waals surface area contributed by atoms with Gasteiger partial charge in [-0.25, -0.2) is 0 Å². The largest absolute Gasteiger partial charge is 0.457 e. The van der Waals surface area contributed by atoms with E-state index in [1.165, 1.54) is 30.4 Å². The van der Waals surface area contributed by atoms with Gasteiger partial charge in [0.25, 0.3) is 0 Å². The first-order chi connectivity index (χ1) is 9.25. The minimum atomic E-state index is 0.0317. The van der Waals surface area contributed by atoms with E-state index in [4.69, 9.17) is 10.2 Å². The second-order valence-corrected chi connectivity index (χ2v) is 6.00. The third kappa shape index (κ3) is 2.63. The van der Waals surface area contributed by atoms with Crippen molar-refractivity contribution < 1.29 is 4.42 Å². The zero-order chi connectivity index (χ0) is 13.2. The standard InChI is InChI=1S/C16H18BrNO/c17-16-14(8-9-19-16)15(18)10-12-6-3-5-11-4-1-2-7-13(11)12/h1-2,4,7-9,12,15H,3,5-6,10,18H2.